The third-order valence-corrected chi connectivity index (χ3v) is 3.44. The third-order valence-electron chi connectivity index (χ3n) is 3.44. The molecule has 0 aromatic heterocycles. The molecule has 0 amide bonds. The fraction of sp³-hybridized carbons (Fsp3) is 0.529. The molecule has 1 rings (SSSR count). The predicted molar refractivity (Wildman–Crippen MR) is 78.9 cm³/mol. The summed E-state index contributed by atoms with van der Waals surface area (Å²) < 4.78 is 0. The normalized spacial score (nSPS) is 10.4. The summed E-state index contributed by atoms with van der Waals surface area (Å²) in [6.45, 7) is 4.09. The van der Waals surface area contributed by atoms with E-state index >= 15 is 0 Å². The number of ketones is 1. The number of hydrogen-bond donors (Lipinski definition) is 0. The fourth-order valence-electron chi connectivity index (χ4n) is 2.27. The number of unbranched alkanes of at least 4 members (excludes halogenated alkanes) is 5. The number of rotatable bonds is 9. The van der Waals surface area contributed by atoms with E-state index in [1.807, 2.05) is 6.92 Å². The molecule has 0 saturated heterocycles. The quantitative estimate of drug-likeness (QED) is 0.365. The van der Waals surface area contributed by atoms with Crippen molar-refractivity contribution in [3.8, 4) is 0 Å². The molecule has 0 heterocycles. The molecule has 1 aromatic rings. The molecule has 0 bridgehead atoms. The lowest BCUT2D eigenvalue weighted by atomic mass is 9.98. The van der Waals surface area contributed by atoms with Gasteiger partial charge in [0.15, 0.2) is 5.78 Å². The minimum atomic E-state index is 0.199. The first-order chi connectivity index (χ1) is 9.19. The Hall–Kier alpha value is -1.44. The van der Waals surface area contributed by atoms with Crippen LogP contribution in [0.3, 0.4) is 0 Å². The molecule has 104 valence electrons. The van der Waals surface area contributed by atoms with Gasteiger partial charge in [-0.15, -0.1) is 0 Å². The van der Waals surface area contributed by atoms with Crippen LogP contribution in [0.5, 0.6) is 0 Å². The van der Waals surface area contributed by atoms with Crippen molar-refractivity contribution < 1.29 is 9.59 Å². The van der Waals surface area contributed by atoms with Crippen LogP contribution in [0.1, 0.15) is 78.1 Å². The van der Waals surface area contributed by atoms with E-state index in [1.54, 1.807) is 18.2 Å². The molecule has 0 radical (unpaired) electrons. The van der Waals surface area contributed by atoms with Gasteiger partial charge in [-0.3, -0.25) is 9.59 Å². The lowest BCUT2D eigenvalue weighted by Crippen LogP contribution is -2.02. The smallest absolute Gasteiger partial charge is 0.163 e. The van der Waals surface area contributed by atoms with Crippen molar-refractivity contribution in [2.75, 3.05) is 0 Å². The van der Waals surface area contributed by atoms with Gasteiger partial charge in [0.05, 0.1) is 0 Å². The highest BCUT2D eigenvalue weighted by Crippen LogP contribution is 2.15. The average Bonchev–Trinajstić information content (AvgIpc) is 2.42. The Bertz CT molecular complexity index is 421. The van der Waals surface area contributed by atoms with Gasteiger partial charge in [-0.05, 0) is 25.0 Å². The maximum atomic E-state index is 12.1. The molecule has 0 N–H and O–H groups in total. The molecular formula is C17H24O2. The first-order valence-corrected chi connectivity index (χ1v) is 7.28. The Morgan fingerprint density at radius 3 is 2.42 bits per heavy atom. The van der Waals surface area contributed by atoms with Crippen LogP contribution in [0.4, 0.5) is 0 Å². The van der Waals surface area contributed by atoms with Crippen LogP contribution in [0, 0.1) is 6.92 Å². The first-order valence-electron chi connectivity index (χ1n) is 7.28. The molecular weight excluding hydrogens is 236 g/mol. The second-order valence-electron chi connectivity index (χ2n) is 5.13. The summed E-state index contributed by atoms with van der Waals surface area (Å²) in [5, 5.41) is 0. The van der Waals surface area contributed by atoms with Gasteiger partial charge < -0.3 is 0 Å². The van der Waals surface area contributed by atoms with Gasteiger partial charge >= 0.3 is 0 Å². The summed E-state index contributed by atoms with van der Waals surface area (Å²) in [6.07, 6.45) is 8.58. The van der Waals surface area contributed by atoms with Gasteiger partial charge in [0, 0.05) is 17.5 Å². The zero-order chi connectivity index (χ0) is 14.1. The number of benzene rings is 1. The summed E-state index contributed by atoms with van der Waals surface area (Å²) in [4.78, 5) is 22.7. The number of Topliss-reactive ketones (excluding diaryl/α,β-unsaturated/α-hetero) is 1. The second kappa shape index (κ2) is 8.63. The number of hydrogen-bond acceptors (Lipinski definition) is 2. The summed E-state index contributed by atoms with van der Waals surface area (Å²) in [6, 6.07) is 5.27. The van der Waals surface area contributed by atoms with Crippen LogP contribution < -0.4 is 0 Å². The van der Waals surface area contributed by atoms with E-state index in [9.17, 15) is 9.59 Å². The van der Waals surface area contributed by atoms with Crippen molar-refractivity contribution in [2.45, 2.75) is 58.8 Å². The van der Waals surface area contributed by atoms with E-state index < -0.39 is 0 Å². The Kier molecular flexibility index (Phi) is 7.09. The molecule has 2 heteroatoms. The fourth-order valence-corrected chi connectivity index (χ4v) is 2.27. The molecule has 0 aliphatic rings. The lowest BCUT2D eigenvalue weighted by molar-refractivity contribution is 0.0977. The topological polar surface area (TPSA) is 34.1 Å². The van der Waals surface area contributed by atoms with Gasteiger partial charge in [-0.25, -0.2) is 0 Å². The van der Waals surface area contributed by atoms with Crippen LogP contribution in [0.25, 0.3) is 0 Å². The standard InChI is InChI=1S/C17H24O2/c1-3-4-5-6-7-8-9-17(19)16-11-10-15(13-18)12-14(16)2/h10-13H,3-9H2,1-2H3. The summed E-state index contributed by atoms with van der Waals surface area (Å²) >= 11 is 0. The number of aryl methyl sites for hydroxylation is 1. The van der Waals surface area contributed by atoms with E-state index in [4.69, 9.17) is 0 Å². The highest BCUT2D eigenvalue weighted by atomic mass is 16.1. The van der Waals surface area contributed by atoms with E-state index in [2.05, 4.69) is 6.92 Å². The van der Waals surface area contributed by atoms with Crippen molar-refractivity contribution >= 4 is 12.1 Å². The highest BCUT2D eigenvalue weighted by molar-refractivity contribution is 5.98. The summed E-state index contributed by atoms with van der Waals surface area (Å²) in [7, 11) is 0. The van der Waals surface area contributed by atoms with Crippen molar-refractivity contribution in [1.29, 1.82) is 0 Å². The van der Waals surface area contributed by atoms with E-state index in [1.165, 1.54) is 25.7 Å². The molecule has 2 nitrogen and oxygen atoms in total. The average molecular weight is 260 g/mol. The predicted octanol–water partition coefficient (Wildman–Crippen LogP) is 4.74. The van der Waals surface area contributed by atoms with E-state index in [-0.39, 0.29) is 5.78 Å². The van der Waals surface area contributed by atoms with Crippen LogP contribution in [-0.2, 0) is 0 Å². The summed E-state index contributed by atoms with van der Waals surface area (Å²) in [5.74, 6) is 0.199. The van der Waals surface area contributed by atoms with Crippen LogP contribution in [0.2, 0.25) is 0 Å². The number of aldehydes is 1. The van der Waals surface area contributed by atoms with Crippen molar-refractivity contribution in [3.63, 3.8) is 0 Å². The molecule has 0 aliphatic heterocycles. The zero-order valence-corrected chi connectivity index (χ0v) is 12.1. The second-order valence-corrected chi connectivity index (χ2v) is 5.13. The van der Waals surface area contributed by atoms with Gasteiger partial charge in [0.2, 0.25) is 0 Å². The molecule has 0 atom stereocenters. The highest BCUT2D eigenvalue weighted by Gasteiger charge is 2.09. The third kappa shape index (κ3) is 5.37. The first kappa shape index (κ1) is 15.6. The van der Waals surface area contributed by atoms with Crippen LogP contribution in [-0.4, -0.2) is 12.1 Å². The molecule has 19 heavy (non-hydrogen) atoms. The molecule has 0 spiro atoms. The Morgan fingerprint density at radius 2 is 1.79 bits per heavy atom. The van der Waals surface area contributed by atoms with Gasteiger partial charge in [0.25, 0.3) is 0 Å². The molecule has 0 fully saturated rings. The minimum Gasteiger partial charge on any atom is -0.298 e. The van der Waals surface area contributed by atoms with Gasteiger partial charge in [0.1, 0.15) is 6.29 Å². The monoisotopic (exact) mass is 260 g/mol. The Morgan fingerprint density at radius 1 is 1.11 bits per heavy atom. The summed E-state index contributed by atoms with van der Waals surface area (Å²) in [5.41, 5.74) is 2.30. The SMILES string of the molecule is CCCCCCCCC(=O)c1ccc(C=O)cc1C. The van der Waals surface area contributed by atoms with Crippen LogP contribution >= 0.6 is 0 Å². The maximum Gasteiger partial charge on any atom is 0.163 e. The van der Waals surface area contributed by atoms with Crippen molar-refractivity contribution in [3.05, 3.63) is 34.9 Å². The van der Waals surface area contributed by atoms with Gasteiger partial charge in [-0.2, -0.15) is 0 Å². The molecule has 0 saturated carbocycles. The number of carbonyl (C=O) groups excluding carboxylic acids is 2. The largest absolute Gasteiger partial charge is 0.298 e. The number of carbonyl (C=O) groups is 2. The Balaban J connectivity index is 2.39. The molecule has 1 aromatic carbocycles. The van der Waals surface area contributed by atoms with Crippen LogP contribution in [0.15, 0.2) is 18.2 Å². The molecule has 0 aliphatic carbocycles. The molecule has 0 unspecified atom stereocenters. The maximum absolute atomic E-state index is 12.1. The van der Waals surface area contributed by atoms with Crippen molar-refractivity contribution in [1.82, 2.24) is 0 Å². The van der Waals surface area contributed by atoms with Crippen molar-refractivity contribution in [2.24, 2.45) is 0 Å². The van der Waals surface area contributed by atoms with Gasteiger partial charge in [-0.1, -0.05) is 51.2 Å². The van der Waals surface area contributed by atoms with E-state index in [0.717, 1.165) is 30.3 Å². The van der Waals surface area contributed by atoms with E-state index in [0.29, 0.717) is 12.0 Å². The lowest BCUT2D eigenvalue weighted by Gasteiger charge is -2.05. The Labute approximate surface area is 116 Å². The minimum absolute atomic E-state index is 0.199. The zero-order valence-electron chi connectivity index (χ0n) is 12.1.